The third-order valence-electron chi connectivity index (χ3n) is 4.54. The number of carbonyl (C=O) groups is 3. The van der Waals surface area contributed by atoms with Crippen molar-refractivity contribution in [2.75, 3.05) is 11.9 Å². The Morgan fingerprint density at radius 2 is 1.52 bits per heavy atom. The van der Waals surface area contributed by atoms with Crippen LogP contribution in [0.4, 0.5) is 5.69 Å². The quantitative estimate of drug-likeness (QED) is 0.282. The minimum atomic E-state index is -0.884. The normalized spacial score (nSPS) is 11.4. The second-order valence-corrected chi connectivity index (χ2v) is 7.08. The Labute approximate surface area is 191 Å². The second kappa shape index (κ2) is 11.8. The lowest BCUT2D eigenvalue weighted by molar-refractivity contribution is -0.136. The molecule has 0 aliphatic rings. The molecule has 0 aliphatic carbocycles. The number of amides is 3. The van der Waals surface area contributed by atoms with E-state index in [2.05, 4.69) is 21.2 Å². The van der Waals surface area contributed by atoms with Gasteiger partial charge in [0.25, 0.3) is 5.91 Å². The number of ether oxygens (including phenoxy) is 1. The van der Waals surface area contributed by atoms with Gasteiger partial charge in [0.2, 0.25) is 0 Å². The van der Waals surface area contributed by atoms with E-state index in [1.54, 1.807) is 54.6 Å². The summed E-state index contributed by atoms with van der Waals surface area (Å²) in [6, 6.07) is 25.0. The molecule has 0 aromatic heterocycles. The minimum absolute atomic E-state index is 0.114. The molecule has 0 heterocycles. The van der Waals surface area contributed by atoms with E-state index < -0.39 is 11.8 Å². The molecule has 3 amide bonds. The molecule has 0 aliphatic heterocycles. The van der Waals surface area contributed by atoms with Crippen LogP contribution in [-0.2, 0) is 14.4 Å². The molecule has 0 saturated heterocycles. The van der Waals surface area contributed by atoms with Crippen molar-refractivity contribution in [2.24, 2.45) is 5.10 Å². The van der Waals surface area contributed by atoms with E-state index in [1.165, 1.54) is 6.21 Å². The van der Waals surface area contributed by atoms with Crippen LogP contribution in [0, 0.1) is 0 Å². The molecule has 3 aromatic carbocycles. The predicted molar refractivity (Wildman–Crippen MR) is 126 cm³/mol. The number of nitrogens with one attached hydrogen (secondary N) is 3. The predicted octanol–water partition coefficient (Wildman–Crippen LogP) is 3.03. The average Bonchev–Trinajstić information content (AvgIpc) is 2.84. The molecule has 168 valence electrons. The summed E-state index contributed by atoms with van der Waals surface area (Å²) in [5.74, 6) is -1.41. The lowest BCUT2D eigenvalue weighted by atomic mass is 10.1. The van der Waals surface area contributed by atoms with Crippen LogP contribution in [0.5, 0.6) is 5.75 Å². The van der Waals surface area contributed by atoms with Crippen LogP contribution in [0.15, 0.2) is 90.0 Å². The first-order chi connectivity index (χ1) is 16.0. The first-order valence-corrected chi connectivity index (χ1v) is 10.3. The van der Waals surface area contributed by atoms with Crippen molar-refractivity contribution in [2.45, 2.75) is 13.0 Å². The van der Waals surface area contributed by atoms with Crippen molar-refractivity contribution in [1.82, 2.24) is 10.7 Å². The number of nitrogens with zero attached hydrogens (tertiary/aromatic N) is 1. The van der Waals surface area contributed by atoms with Gasteiger partial charge >= 0.3 is 11.8 Å². The first kappa shape index (κ1) is 23.2. The third-order valence-corrected chi connectivity index (χ3v) is 4.54. The Kier molecular flexibility index (Phi) is 8.30. The monoisotopic (exact) mass is 444 g/mol. The van der Waals surface area contributed by atoms with Crippen LogP contribution in [0.25, 0.3) is 0 Å². The van der Waals surface area contributed by atoms with Crippen molar-refractivity contribution in [3.8, 4) is 5.75 Å². The molecule has 0 unspecified atom stereocenters. The van der Waals surface area contributed by atoms with Gasteiger partial charge in [-0.05, 0) is 54.4 Å². The van der Waals surface area contributed by atoms with Crippen molar-refractivity contribution in [1.29, 1.82) is 0 Å². The maximum atomic E-state index is 12.1. The molecule has 0 bridgehead atoms. The SMILES string of the molecule is C[C@H](NC(=O)COc1ccc(/C=N\NC(=O)C(=O)Nc2ccccc2)cc1)c1ccccc1. The van der Waals surface area contributed by atoms with E-state index in [0.717, 1.165) is 5.56 Å². The molecule has 8 nitrogen and oxygen atoms in total. The van der Waals surface area contributed by atoms with Crippen LogP contribution in [-0.4, -0.2) is 30.5 Å². The number of carbonyl (C=O) groups excluding carboxylic acids is 3. The molecule has 33 heavy (non-hydrogen) atoms. The van der Waals surface area contributed by atoms with Gasteiger partial charge in [-0.15, -0.1) is 0 Å². The van der Waals surface area contributed by atoms with Crippen molar-refractivity contribution in [3.63, 3.8) is 0 Å². The van der Waals surface area contributed by atoms with Gasteiger partial charge < -0.3 is 15.4 Å². The van der Waals surface area contributed by atoms with Crippen LogP contribution < -0.4 is 20.8 Å². The number of hydrogen-bond donors (Lipinski definition) is 3. The highest BCUT2D eigenvalue weighted by Gasteiger charge is 2.12. The lowest BCUT2D eigenvalue weighted by Crippen LogP contribution is -2.32. The van der Waals surface area contributed by atoms with Gasteiger partial charge in [-0.3, -0.25) is 14.4 Å². The van der Waals surface area contributed by atoms with Crippen molar-refractivity contribution in [3.05, 3.63) is 96.1 Å². The highest BCUT2D eigenvalue weighted by Crippen LogP contribution is 2.13. The number of hydrogen-bond acceptors (Lipinski definition) is 5. The molecular formula is C25H24N4O4. The summed E-state index contributed by atoms with van der Waals surface area (Å²) in [6.45, 7) is 1.79. The summed E-state index contributed by atoms with van der Waals surface area (Å²) in [5.41, 5.74) is 4.37. The maximum Gasteiger partial charge on any atom is 0.329 e. The van der Waals surface area contributed by atoms with E-state index >= 15 is 0 Å². The van der Waals surface area contributed by atoms with Gasteiger partial charge in [0.15, 0.2) is 6.61 Å². The fourth-order valence-corrected chi connectivity index (χ4v) is 2.83. The van der Waals surface area contributed by atoms with Crippen molar-refractivity contribution < 1.29 is 19.1 Å². The van der Waals surface area contributed by atoms with Crippen molar-refractivity contribution >= 4 is 29.6 Å². The summed E-state index contributed by atoms with van der Waals surface area (Å²) < 4.78 is 5.51. The lowest BCUT2D eigenvalue weighted by Gasteiger charge is -2.14. The standard InChI is InChI=1S/C25H24N4O4/c1-18(20-8-4-2-5-9-20)27-23(30)17-33-22-14-12-19(13-15-22)16-26-29-25(32)24(31)28-21-10-6-3-7-11-21/h2-16,18H,17H2,1H3,(H,27,30)(H,28,31)(H,29,32)/b26-16-/t18-/m0/s1. The molecule has 0 radical (unpaired) electrons. The smallest absolute Gasteiger partial charge is 0.329 e. The number of anilines is 1. The molecular weight excluding hydrogens is 420 g/mol. The van der Waals surface area contributed by atoms with Gasteiger partial charge in [0.1, 0.15) is 5.75 Å². The van der Waals surface area contributed by atoms with Crippen LogP contribution in [0.3, 0.4) is 0 Å². The highest BCUT2D eigenvalue weighted by atomic mass is 16.5. The van der Waals surface area contributed by atoms with Crippen LogP contribution in [0.1, 0.15) is 24.1 Å². The zero-order valence-corrected chi connectivity index (χ0v) is 18.0. The molecule has 3 N–H and O–H groups in total. The maximum absolute atomic E-state index is 12.1. The van der Waals surface area contributed by atoms with Crippen LogP contribution >= 0.6 is 0 Å². The van der Waals surface area contributed by atoms with E-state index in [0.29, 0.717) is 17.0 Å². The number of para-hydroxylation sites is 1. The van der Waals surface area contributed by atoms with E-state index in [-0.39, 0.29) is 18.6 Å². The van der Waals surface area contributed by atoms with E-state index in [9.17, 15) is 14.4 Å². The Bertz CT molecular complexity index is 1100. The summed E-state index contributed by atoms with van der Waals surface area (Å²) >= 11 is 0. The Hall–Kier alpha value is -4.46. The van der Waals surface area contributed by atoms with Gasteiger partial charge in [-0.2, -0.15) is 5.10 Å². The minimum Gasteiger partial charge on any atom is -0.484 e. The largest absolute Gasteiger partial charge is 0.484 e. The summed E-state index contributed by atoms with van der Waals surface area (Å²) in [7, 11) is 0. The Balaban J connectivity index is 1.41. The zero-order chi connectivity index (χ0) is 23.5. The highest BCUT2D eigenvalue weighted by molar-refractivity contribution is 6.39. The summed E-state index contributed by atoms with van der Waals surface area (Å²) in [4.78, 5) is 35.8. The van der Waals surface area contributed by atoms with Gasteiger partial charge in [-0.25, -0.2) is 5.43 Å². The molecule has 0 fully saturated rings. The summed E-state index contributed by atoms with van der Waals surface area (Å²) in [6.07, 6.45) is 1.39. The Morgan fingerprint density at radius 3 is 2.18 bits per heavy atom. The number of hydrazone groups is 1. The summed E-state index contributed by atoms with van der Waals surface area (Å²) in [5, 5.41) is 9.13. The second-order valence-electron chi connectivity index (χ2n) is 7.08. The molecule has 0 saturated carbocycles. The first-order valence-electron chi connectivity index (χ1n) is 10.3. The van der Waals surface area contributed by atoms with E-state index in [1.807, 2.05) is 37.3 Å². The van der Waals surface area contributed by atoms with Gasteiger partial charge in [0.05, 0.1) is 12.3 Å². The fourth-order valence-electron chi connectivity index (χ4n) is 2.83. The molecule has 0 spiro atoms. The Morgan fingerprint density at radius 1 is 0.879 bits per heavy atom. The third kappa shape index (κ3) is 7.62. The molecule has 3 rings (SSSR count). The molecule has 8 heteroatoms. The molecule has 1 atom stereocenters. The zero-order valence-electron chi connectivity index (χ0n) is 18.0. The topological polar surface area (TPSA) is 109 Å². The molecule has 3 aromatic rings. The average molecular weight is 444 g/mol. The van der Waals surface area contributed by atoms with Crippen LogP contribution in [0.2, 0.25) is 0 Å². The van der Waals surface area contributed by atoms with Gasteiger partial charge in [0, 0.05) is 5.69 Å². The number of rotatable bonds is 8. The van der Waals surface area contributed by atoms with E-state index in [4.69, 9.17) is 4.74 Å². The van der Waals surface area contributed by atoms with Gasteiger partial charge in [-0.1, -0.05) is 48.5 Å². The fraction of sp³-hybridized carbons (Fsp3) is 0.120. The number of benzene rings is 3.